The molecule has 5 nitrogen and oxygen atoms in total. The third-order valence-corrected chi connectivity index (χ3v) is 1.77. The summed E-state index contributed by atoms with van der Waals surface area (Å²) >= 11 is 0. The molecule has 1 atom stereocenters. The van der Waals surface area contributed by atoms with Gasteiger partial charge in [0, 0.05) is 7.05 Å². The minimum absolute atomic E-state index is 0.292. The van der Waals surface area contributed by atoms with Gasteiger partial charge in [0.25, 0.3) is 0 Å². The SMILES string of the molecule is Cc1ncc(C(O)C(=O)O)n1C. The molecule has 5 heteroatoms. The van der Waals surface area contributed by atoms with Crippen LogP contribution in [0.15, 0.2) is 6.20 Å². The number of aliphatic carboxylic acids is 1. The molecule has 0 radical (unpaired) electrons. The summed E-state index contributed by atoms with van der Waals surface area (Å²) in [7, 11) is 1.66. The maximum absolute atomic E-state index is 10.4. The zero-order valence-corrected chi connectivity index (χ0v) is 6.85. The molecule has 0 aliphatic rings. The second kappa shape index (κ2) is 2.94. The molecule has 0 saturated heterocycles. The van der Waals surface area contributed by atoms with E-state index in [-0.39, 0.29) is 0 Å². The average molecular weight is 170 g/mol. The van der Waals surface area contributed by atoms with Crippen molar-refractivity contribution in [3.63, 3.8) is 0 Å². The van der Waals surface area contributed by atoms with Gasteiger partial charge in [0.15, 0.2) is 6.10 Å². The van der Waals surface area contributed by atoms with Crippen LogP contribution in [0.1, 0.15) is 17.6 Å². The normalized spacial score (nSPS) is 12.9. The maximum Gasteiger partial charge on any atom is 0.338 e. The molecule has 0 bridgehead atoms. The summed E-state index contributed by atoms with van der Waals surface area (Å²) in [4.78, 5) is 14.2. The summed E-state index contributed by atoms with van der Waals surface area (Å²) in [5.41, 5.74) is 0.292. The van der Waals surface area contributed by atoms with Crippen molar-refractivity contribution in [1.29, 1.82) is 0 Å². The predicted molar refractivity (Wildman–Crippen MR) is 40.5 cm³/mol. The van der Waals surface area contributed by atoms with Crippen molar-refractivity contribution >= 4 is 5.97 Å². The van der Waals surface area contributed by atoms with Gasteiger partial charge in [-0.3, -0.25) is 0 Å². The van der Waals surface area contributed by atoms with E-state index in [1.807, 2.05) is 0 Å². The number of carbonyl (C=O) groups is 1. The molecule has 12 heavy (non-hydrogen) atoms. The number of carboxylic acids is 1. The topological polar surface area (TPSA) is 75.3 Å². The summed E-state index contributed by atoms with van der Waals surface area (Å²) in [6.45, 7) is 1.73. The molecule has 1 heterocycles. The zero-order chi connectivity index (χ0) is 9.30. The van der Waals surface area contributed by atoms with Gasteiger partial charge in [-0.25, -0.2) is 9.78 Å². The summed E-state index contributed by atoms with van der Waals surface area (Å²) in [5, 5.41) is 17.6. The first-order valence-corrected chi connectivity index (χ1v) is 3.43. The van der Waals surface area contributed by atoms with Crippen molar-refractivity contribution in [3.8, 4) is 0 Å². The largest absolute Gasteiger partial charge is 0.479 e. The number of aliphatic hydroxyl groups excluding tert-OH is 1. The fraction of sp³-hybridized carbons (Fsp3) is 0.429. The molecule has 1 aromatic heterocycles. The highest BCUT2D eigenvalue weighted by Crippen LogP contribution is 2.12. The van der Waals surface area contributed by atoms with Crippen LogP contribution in [0.5, 0.6) is 0 Å². The molecule has 2 N–H and O–H groups in total. The predicted octanol–water partition coefficient (Wildman–Crippen LogP) is -0.153. The summed E-state index contributed by atoms with van der Waals surface area (Å²) < 4.78 is 1.54. The number of rotatable bonds is 2. The minimum atomic E-state index is -1.49. The first-order chi connectivity index (χ1) is 5.54. The molecule has 1 rings (SSSR count). The lowest BCUT2D eigenvalue weighted by atomic mass is 10.3. The molecular weight excluding hydrogens is 160 g/mol. The number of hydrogen-bond donors (Lipinski definition) is 2. The van der Waals surface area contributed by atoms with Crippen LogP contribution in [-0.4, -0.2) is 25.7 Å². The Balaban J connectivity index is 3.03. The van der Waals surface area contributed by atoms with Crippen LogP contribution in [0.3, 0.4) is 0 Å². The van der Waals surface area contributed by atoms with Crippen molar-refractivity contribution < 1.29 is 15.0 Å². The van der Waals surface area contributed by atoms with Crippen molar-refractivity contribution in [2.24, 2.45) is 7.05 Å². The number of imidazole rings is 1. The van der Waals surface area contributed by atoms with Crippen LogP contribution in [0.25, 0.3) is 0 Å². The maximum atomic E-state index is 10.4. The van der Waals surface area contributed by atoms with Gasteiger partial charge in [-0.15, -0.1) is 0 Å². The molecule has 1 unspecified atom stereocenters. The van der Waals surface area contributed by atoms with E-state index in [2.05, 4.69) is 4.98 Å². The number of carboxylic acid groups (broad SMARTS) is 1. The molecule has 0 aromatic carbocycles. The lowest BCUT2D eigenvalue weighted by Crippen LogP contribution is -2.14. The third kappa shape index (κ3) is 1.31. The van der Waals surface area contributed by atoms with Gasteiger partial charge in [-0.05, 0) is 6.92 Å². The number of nitrogens with zero attached hydrogens (tertiary/aromatic N) is 2. The van der Waals surface area contributed by atoms with E-state index in [4.69, 9.17) is 10.2 Å². The molecule has 0 aliphatic heterocycles. The highest BCUT2D eigenvalue weighted by Gasteiger charge is 2.19. The van der Waals surface area contributed by atoms with Gasteiger partial charge >= 0.3 is 5.97 Å². The third-order valence-electron chi connectivity index (χ3n) is 1.77. The Morgan fingerprint density at radius 3 is 2.67 bits per heavy atom. The Morgan fingerprint density at radius 2 is 2.33 bits per heavy atom. The van der Waals surface area contributed by atoms with Crippen LogP contribution in [0.2, 0.25) is 0 Å². The number of hydrogen-bond acceptors (Lipinski definition) is 3. The lowest BCUT2D eigenvalue weighted by molar-refractivity contribution is -0.147. The van der Waals surface area contributed by atoms with Crippen LogP contribution in [-0.2, 0) is 11.8 Å². The number of aromatic nitrogens is 2. The van der Waals surface area contributed by atoms with E-state index in [1.54, 1.807) is 18.5 Å². The monoisotopic (exact) mass is 170 g/mol. The number of aliphatic hydroxyl groups is 1. The molecule has 1 aromatic rings. The first-order valence-electron chi connectivity index (χ1n) is 3.43. The van der Waals surface area contributed by atoms with Crippen molar-refractivity contribution in [3.05, 3.63) is 17.7 Å². The van der Waals surface area contributed by atoms with E-state index >= 15 is 0 Å². The van der Waals surface area contributed by atoms with Crippen LogP contribution >= 0.6 is 0 Å². The van der Waals surface area contributed by atoms with Crippen molar-refractivity contribution in [2.75, 3.05) is 0 Å². The van der Waals surface area contributed by atoms with Gasteiger partial charge in [0.1, 0.15) is 5.82 Å². The van der Waals surface area contributed by atoms with Gasteiger partial charge in [-0.1, -0.05) is 0 Å². The van der Waals surface area contributed by atoms with Gasteiger partial charge in [-0.2, -0.15) is 0 Å². The highest BCUT2D eigenvalue weighted by molar-refractivity contribution is 5.73. The Morgan fingerprint density at radius 1 is 1.75 bits per heavy atom. The molecule has 0 fully saturated rings. The van der Waals surface area contributed by atoms with E-state index in [9.17, 15) is 4.79 Å². The summed E-state index contributed by atoms with van der Waals surface area (Å²) in [5.74, 6) is -0.594. The minimum Gasteiger partial charge on any atom is -0.479 e. The Kier molecular flexibility index (Phi) is 2.14. The van der Waals surface area contributed by atoms with Crippen molar-refractivity contribution in [1.82, 2.24) is 9.55 Å². The van der Waals surface area contributed by atoms with Gasteiger partial charge < -0.3 is 14.8 Å². The Bertz CT molecular complexity index is 306. The molecule has 0 aliphatic carbocycles. The smallest absolute Gasteiger partial charge is 0.338 e. The van der Waals surface area contributed by atoms with E-state index in [0.717, 1.165) is 0 Å². The molecule has 66 valence electrons. The van der Waals surface area contributed by atoms with Crippen LogP contribution in [0, 0.1) is 6.92 Å². The Labute approximate surface area is 69.3 Å². The molecule has 0 saturated carbocycles. The van der Waals surface area contributed by atoms with E-state index in [1.165, 1.54) is 6.20 Å². The second-order valence-corrected chi connectivity index (χ2v) is 2.53. The van der Waals surface area contributed by atoms with Gasteiger partial charge in [0.2, 0.25) is 0 Å². The quantitative estimate of drug-likeness (QED) is 0.647. The number of aryl methyl sites for hydroxylation is 1. The molecular formula is C7H10N2O3. The van der Waals surface area contributed by atoms with Crippen LogP contribution in [0.4, 0.5) is 0 Å². The highest BCUT2D eigenvalue weighted by atomic mass is 16.4. The van der Waals surface area contributed by atoms with Crippen LogP contribution < -0.4 is 0 Å². The lowest BCUT2D eigenvalue weighted by Gasteiger charge is -2.05. The van der Waals surface area contributed by atoms with Crippen molar-refractivity contribution in [2.45, 2.75) is 13.0 Å². The Hall–Kier alpha value is -1.36. The first kappa shape index (κ1) is 8.73. The fourth-order valence-electron chi connectivity index (χ4n) is 0.900. The zero-order valence-electron chi connectivity index (χ0n) is 6.85. The van der Waals surface area contributed by atoms with E-state index < -0.39 is 12.1 Å². The van der Waals surface area contributed by atoms with Gasteiger partial charge in [0.05, 0.1) is 11.9 Å². The standard InChI is InChI=1S/C7H10N2O3/c1-4-8-3-5(9(4)2)6(10)7(11)12/h3,6,10H,1-2H3,(H,11,12). The van der Waals surface area contributed by atoms with E-state index in [0.29, 0.717) is 11.5 Å². The average Bonchev–Trinajstić information content (AvgIpc) is 2.32. The molecule has 0 amide bonds. The summed E-state index contributed by atoms with van der Waals surface area (Å²) in [6.07, 6.45) is -0.134. The molecule has 0 spiro atoms. The second-order valence-electron chi connectivity index (χ2n) is 2.53. The summed E-state index contributed by atoms with van der Waals surface area (Å²) in [6, 6.07) is 0. The fourth-order valence-corrected chi connectivity index (χ4v) is 0.900.